The first-order valence-corrected chi connectivity index (χ1v) is 7.89. The van der Waals surface area contributed by atoms with Gasteiger partial charge in [0.2, 0.25) is 0 Å². The number of urea groups is 1. The fourth-order valence-corrected chi connectivity index (χ4v) is 3.06. The summed E-state index contributed by atoms with van der Waals surface area (Å²) in [5.41, 5.74) is 2.04. The highest BCUT2D eigenvalue weighted by Gasteiger charge is 2.28. The lowest BCUT2D eigenvalue weighted by atomic mass is 9.98. The summed E-state index contributed by atoms with van der Waals surface area (Å²) in [6.45, 7) is 6.37. The van der Waals surface area contributed by atoms with Crippen LogP contribution in [0.5, 0.6) is 0 Å². The minimum atomic E-state index is 0.0176. The van der Waals surface area contributed by atoms with Crippen LogP contribution in [0.4, 0.5) is 10.5 Å². The van der Waals surface area contributed by atoms with Gasteiger partial charge in [-0.2, -0.15) is 0 Å². The second-order valence-electron chi connectivity index (χ2n) is 6.10. The maximum absolute atomic E-state index is 12.5. The summed E-state index contributed by atoms with van der Waals surface area (Å²) in [6, 6.07) is 8.96. The fourth-order valence-electron chi connectivity index (χ4n) is 3.06. The van der Waals surface area contributed by atoms with Gasteiger partial charge in [0.15, 0.2) is 0 Å². The Morgan fingerprint density at radius 2 is 1.95 bits per heavy atom. The van der Waals surface area contributed by atoms with Crippen molar-refractivity contribution in [2.45, 2.75) is 58.2 Å². The van der Waals surface area contributed by atoms with Gasteiger partial charge < -0.3 is 15.5 Å². The van der Waals surface area contributed by atoms with Gasteiger partial charge in [0.25, 0.3) is 0 Å². The smallest absolute Gasteiger partial charge is 0.319 e. The van der Waals surface area contributed by atoms with E-state index in [1.54, 1.807) is 0 Å². The Balaban J connectivity index is 2.08. The molecule has 3 atom stereocenters. The van der Waals surface area contributed by atoms with Gasteiger partial charge in [-0.3, -0.25) is 0 Å². The first-order chi connectivity index (χ1) is 10.0. The molecule has 0 spiro atoms. The van der Waals surface area contributed by atoms with Gasteiger partial charge in [-0.05, 0) is 64.8 Å². The fraction of sp³-hybridized carbons (Fsp3) is 0.588. The van der Waals surface area contributed by atoms with Crippen LogP contribution in [-0.4, -0.2) is 30.1 Å². The predicted molar refractivity (Wildman–Crippen MR) is 87.5 cm³/mol. The molecule has 0 aromatic heterocycles. The third-order valence-electron chi connectivity index (χ3n) is 4.50. The van der Waals surface area contributed by atoms with Crippen LogP contribution in [0.1, 0.15) is 51.6 Å². The molecule has 1 aliphatic heterocycles. The van der Waals surface area contributed by atoms with Crippen molar-refractivity contribution < 1.29 is 4.79 Å². The lowest BCUT2D eigenvalue weighted by Gasteiger charge is -2.38. The Hall–Kier alpha value is -1.55. The van der Waals surface area contributed by atoms with Crippen molar-refractivity contribution in [3.8, 4) is 0 Å². The highest BCUT2D eigenvalue weighted by Crippen LogP contribution is 2.24. The Bertz CT molecular complexity index is 479. The van der Waals surface area contributed by atoms with Crippen molar-refractivity contribution in [3.05, 3.63) is 29.8 Å². The van der Waals surface area contributed by atoms with Gasteiger partial charge in [0, 0.05) is 23.8 Å². The second kappa shape index (κ2) is 6.94. The van der Waals surface area contributed by atoms with Gasteiger partial charge in [0.1, 0.15) is 0 Å². The highest BCUT2D eigenvalue weighted by atomic mass is 16.2. The Kier molecular flexibility index (Phi) is 5.23. The first kappa shape index (κ1) is 15.8. The Morgan fingerprint density at radius 1 is 1.29 bits per heavy atom. The van der Waals surface area contributed by atoms with E-state index in [9.17, 15) is 4.79 Å². The summed E-state index contributed by atoms with van der Waals surface area (Å²) in [6.07, 6.45) is 3.39. The number of hydrogen-bond donors (Lipinski definition) is 2. The largest absolute Gasteiger partial charge is 0.322 e. The molecule has 1 heterocycles. The van der Waals surface area contributed by atoms with E-state index >= 15 is 0 Å². The molecule has 116 valence electrons. The number of piperidine rings is 1. The maximum Gasteiger partial charge on any atom is 0.322 e. The molecule has 4 nitrogen and oxygen atoms in total. The number of carbonyl (C=O) groups excluding carboxylic acids is 1. The van der Waals surface area contributed by atoms with Crippen LogP contribution < -0.4 is 10.6 Å². The topological polar surface area (TPSA) is 44.4 Å². The van der Waals surface area contributed by atoms with Gasteiger partial charge in [-0.1, -0.05) is 12.1 Å². The molecule has 1 fully saturated rings. The summed E-state index contributed by atoms with van der Waals surface area (Å²) in [5, 5.41) is 6.27. The minimum absolute atomic E-state index is 0.0176. The van der Waals surface area contributed by atoms with Crippen LogP contribution in [0.2, 0.25) is 0 Å². The number of likely N-dealkylation sites (tertiary alicyclic amines) is 1. The molecule has 2 N–H and O–H groups in total. The molecule has 4 heteroatoms. The molecule has 1 aromatic rings. The van der Waals surface area contributed by atoms with Crippen LogP contribution in [0.25, 0.3) is 0 Å². The van der Waals surface area contributed by atoms with Crippen molar-refractivity contribution in [2.24, 2.45) is 0 Å². The molecular formula is C17H27N3O. The number of amides is 2. The number of nitrogens with one attached hydrogen (secondary N) is 2. The van der Waals surface area contributed by atoms with Gasteiger partial charge in [0.05, 0.1) is 0 Å². The summed E-state index contributed by atoms with van der Waals surface area (Å²) in [4.78, 5) is 14.5. The van der Waals surface area contributed by atoms with E-state index in [0.29, 0.717) is 12.1 Å². The molecular weight excluding hydrogens is 262 g/mol. The zero-order chi connectivity index (χ0) is 15.4. The van der Waals surface area contributed by atoms with Gasteiger partial charge in [-0.25, -0.2) is 4.79 Å². The molecule has 2 amide bonds. The van der Waals surface area contributed by atoms with Crippen LogP contribution in [0.3, 0.4) is 0 Å². The first-order valence-electron chi connectivity index (χ1n) is 7.89. The van der Waals surface area contributed by atoms with Gasteiger partial charge in [-0.15, -0.1) is 0 Å². The quantitative estimate of drug-likeness (QED) is 0.890. The van der Waals surface area contributed by atoms with E-state index in [1.165, 1.54) is 12.0 Å². The van der Waals surface area contributed by atoms with E-state index in [-0.39, 0.29) is 12.1 Å². The molecule has 1 aromatic carbocycles. The van der Waals surface area contributed by atoms with Crippen molar-refractivity contribution >= 4 is 11.7 Å². The lowest BCUT2D eigenvalue weighted by molar-refractivity contribution is 0.133. The average Bonchev–Trinajstić information content (AvgIpc) is 2.46. The zero-order valence-corrected chi connectivity index (χ0v) is 13.5. The third kappa shape index (κ3) is 3.76. The van der Waals surface area contributed by atoms with E-state index in [0.717, 1.165) is 18.5 Å². The monoisotopic (exact) mass is 289 g/mol. The molecule has 0 saturated carbocycles. The predicted octanol–water partition coefficient (Wildman–Crippen LogP) is 3.76. The third-order valence-corrected chi connectivity index (χ3v) is 4.50. The van der Waals surface area contributed by atoms with Crippen LogP contribution in [0, 0.1) is 0 Å². The molecule has 2 rings (SSSR count). The highest BCUT2D eigenvalue weighted by molar-refractivity contribution is 5.89. The van der Waals surface area contributed by atoms with E-state index < -0.39 is 0 Å². The summed E-state index contributed by atoms with van der Waals surface area (Å²) >= 11 is 0. The average molecular weight is 289 g/mol. The normalized spacial score (nSPS) is 23.7. The number of hydrogen-bond acceptors (Lipinski definition) is 2. The number of nitrogens with zero attached hydrogens (tertiary/aromatic N) is 1. The molecule has 21 heavy (non-hydrogen) atoms. The van der Waals surface area contributed by atoms with Crippen molar-refractivity contribution in [1.29, 1.82) is 0 Å². The van der Waals surface area contributed by atoms with Crippen molar-refractivity contribution in [3.63, 3.8) is 0 Å². The standard InChI is InChI=1S/C17H27N3O/c1-12-7-5-8-13(2)20(12)17(21)19-16-10-6-9-15(11-16)14(3)18-4/h6,9-14,18H,5,7-8H2,1-4H3,(H,19,21)/t12-,13+,14?. The SMILES string of the molecule is CNC(C)c1cccc(NC(=O)N2[C@H](C)CCC[C@@H]2C)c1. The van der Waals surface area contributed by atoms with E-state index in [4.69, 9.17) is 0 Å². The van der Waals surface area contributed by atoms with Crippen LogP contribution >= 0.6 is 0 Å². The minimum Gasteiger partial charge on any atom is -0.319 e. The molecule has 1 saturated heterocycles. The molecule has 0 aliphatic carbocycles. The molecule has 1 aliphatic rings. The Labute approximate surface area is 127 Å². The number of rotatable bonds is 3. The second-order valence-corrected chi connectivity index (χ2v) is 6.10. The summed E-state index contributed by atoms with van der Waals surface area (Å²) in [7, 11) is 1.94. The van der Waals surface area contributed by atoms with E-state index in [2.05, 4.69) is 37.5 Å². The molecule has 0 radical (unpaired) electrons. The van der Waals surface area contributed by atoms with Crippen LogP contribution in [0.15, 0.2) is 24.3 Å². The lowest BCUT2D eigenvalue weighted by Crippen LogP contribution is -2.49. The molecule has 1 unspecified atom stereocenters. The van der Waals surface area contributed by atoms with Gasteiger partial charge >= 0.3 is 6.03 Å². The van der Waals surface area contributed by atoms with Crippen LogP contribution in [-0.2, 0) is 0 Å². The Morgan fingerprint density at radius 3 is 2.57 bits per heavy atom. The molecule has 0 bridgehead atoms. The summed E-state index contributed by atoms with van der Waals surface area (Å²) in [5.74, 6) is 0. The zero-order valence-electron chi connectivity index (χ0n) is 13.5. The van der Waals surface area contributed by atoms with E-state index in [1.807, 2.05) is 30.1 Å². The maximum atomic E-state index is 12.5. The number of carbonyl (C=O) groups is 1. The number of anilines is 1. The van der Waals surface area contributed by atoms with Crippen molar-refractivity contribution in [1.82, 2.24) is 10.2 Å². The summed E-state index contributed by atoms with van der Waals surface area (Å²) < 4.78 is 0. The number of benzene rings is 1. The van der Waals surface area contributed by atoms with Crippen molar-refractivity contribution in [2.75, 3.05) is 12.4 Å².